The van der Waals surface area contributed by atoms with E-state index in [0.717, 1.165) is 22.4 Å². The van der Waals surface area contributed by atoms with Gasteiger partial charge in [-0.05, 0) is 55.2 Å². The van der Waals surface area contributed by atoms with Crippen molar-refractivity contribution in [3.05, 3.63) is 58.1 Å². The molecule has 0 saturated carbocycles. The summed E-state index contributed by atoms with van der Waals surface area (Å²) in [6.07, 6.45) is 0. The fourth-order valence-electron chi connectivity index (χ4n) is 2.24. The van der Waals surface area contributed by atoms with Crippen LogP contribution < -0.4 is 9.47 Å². The van der Waals surface area contributed by atoms with Crippen LogP contribution in [0, 0.1) is 32.1 Å². The number of rotatable bonds is 4. The molecule has 0 bridgehead atoms. The van der Waals surface area contributed by atoms with E-state index in [1.807, 2.05) is 13.0 Å². The minimum absolute atomic E-state index is 0.434. The van der Waals surface area contributed by atoms with Crippen molar-refractivity contribution in [2.45, 2.75) is 27.4 Å². The predicted molar refractivity (Wildman–Crippen MR) is 82.7 cm³/mol. The first kappa shape index (κ1) is 14.9. The minimum Gasteiger partial charge on any atom is -0.495 e. The molecule has 0 heterocycles. The number of hydrogen-bond donors (Lipinski definition) is 0. The Kier molecular flexibility index (Phi) is 4.49. The minimum atomic E-state index is 0.434. The number of hydrogen-bond acceptors (Lipinski definition) is 3. The average molecular weight is 281 g/mol. The molecule has 108 valence electrons. The van der Waals surface area contributed by atoms with Gasteiger partial charge in [0.15, 0.2) is 0 Å². The molecule has 2 rings (SSSR count). The van der Waals surface area contributed by atoms with Gasteiger partial charge >= 0.3 is 0 Å². The SMILES string of the molecule is COc1ccc(COc2c(C)ccc(C)c2C)cc1C#N. The fourth-order valence-corrected chi connectivity index (χ4v) is 2.24. The standard InChI is InChI=1S/C18H19NO2/c1-12-5-6-13(2)18(14(12)3)21-11-15-7-8-17(20-4)16(9-15)10-19/h5-9H,11H2,1-4H3. The number of nitriles is 1. The van der Waals surface area contributed by atoms with E-state index in [2.05, 4.69) is 32.0 Å². The van der Waals surface area contributed by atoms with E-state index in [1.54, 1.807) is 19.2 Å². The molecule has 2 aromatic rings. The lowest BCUT2D eigenvalue weighted by Crippen LogP contribution is -2.01. The van der Waals surface area contributed by atoms with E-state index in [1.165, 1.54) is 5.56 Å². The van der Waals surface area contributed by atoms with Crippen molar-refractivity contribution >= 4 is 0 Å². The van der Waals surface area contributed by atoms with Gasteiger partial charge in [-0.1, -0.05) is 18.2 Å². The van der Waals surface area contributed by atoms with E-state index in [9.17, 15) is 0 Å². The predicted octanol–water partition coefficient (Wildman–Crippen LogP) is 4.07. The maximum Gasteiger partial charge on any atom is 0.136 e. The number of methoxy groups -OCH3 is 1. The Morgan fingerprint density at radius 3 is 2.43 bits per heavy atom. The monoisotopic (exact) mass is 281 g/mol. The van der Waals surface area contributed by atoms with Gasteiger partial charge in [0, 0.05) is 0 Å². The number of ether oxygens (including phenoxy) is 2. The molecule has 0 spiro atoms. The first-order chi connectivity index (χ1) is 10.1. The van der Waals surface area contributed by atoms with E-state index >= 15 is 0 Å². The second kappa shape index (κ2) is 6.32. The van der Waals surface area contributed by atoms with Crippen LogP contribution in [0.15, 0.2) is 30.3 Å². The summed E-state index contributed by atoms with van der Waals surface area (Å²) in [5, 5.41) is 9.11. The van der Waals surface area contributed by atoms with Crippen molar-refractivity contribution in [1.82, 2.24) is 0 Å². The molecule has 0 fully saturated rings. The number of aryl methyl sites for hydroxylation is 2. The van der Waals surface area contributed by atoms with Crippen molar-refractivity contribution in [2.75, 3.05) is 7.11 Å². The van der Waals surface area contributed by atoms with Crippen LogP contribution in [0.25, 0.3) is 0 Å². The van der Waals surface area contributed by atoms with Crippen LogP contribution in [-0.2, 0) is 6.61 Å². The Balaban J connectivity index is 2.21. The van der Waals surface area contributed by atoms with Gasteiger partial charge in [0.05, 0.1) is 12.7 Å². The lowest BCUT2D eigenvalue weighted by atomic mass is 10.1. The fraction of sp³-hybridized carbons (Fsp3) is 0.278. The summed E-state index contributed by atoms with van der Waals surface area (Å²) < 4.78 is 11.1. The molecule has 0 radical (unpaired) electrons. The first-order valence-corrected chi connectivity index (χ1v) is 6.83. The highest BCUT2D eigenvalue weighted by atomic mass is 16.5. The third-order valence-electron chi connectivity index (χ3n) is 3.64. The second-order valence-corrected chi connectivity index (χ2v) is 5.09. The van der Waals surface area contributed by atoms with Crippen LogP contribution in [0.1, 0.15) is 27.8 Å². The quantitative estimate of drug-likeness (QED) is 0.848. The van der Waals surface area contributed by atoms with Gasteiger partial charge in [-0.2, -0.15) is 5.26 Å². The van der Waals surface area contributed by atoms with Gasteiger partial charge in [-0.15, -0.1) is 0 Å². The van der Waals surface area contributed by atoms with Crippen LogP contribution in [0.5, 0.6) is 11.5 Å². The van der Waals surface area contributed by atoms with E-state index < -0.39 is 0 Å². The van der Waals surface area contributed by atoms with E-state index in [-0.39, 0.29) is 0 Å². The molecule has 0 saturated heterocycles. The topological polar surface area (TPSA) is 42.2 Å². The molecule has 0 aliphatic heterocycles. The number of benzene rings is 2. The Morgan fingerprint density at radius 2 is 1.76 bits per heavy atom. The third-order valence-corrected chi connectivity index (χ3v) is 3.64. The van der Waals surface area contributed by atoms with Crippen molar-refractivity contribution in [3.8, 4) is 17.6 Å². The highest BCUT2D eigenvalue weighted by molar-refractivity contribution is 5.46. The van der Waals surface area contributed by atoms with E-state index in [0.29, 0.717) is 17.9 Å². The Morgan fingerprint density at radius 1 is 1.05 bits per heavy atom. The molecule has 0 aliphatic rings. The van der Waals surface area contributed by atoms with Gasteiger partial charge in [-0.3, -0.25) is 0 Å². The maximum atomic E-state index is 9.11. The molecule has 0 atom stereocenters. The Hall–Kier alpha value is -2.47. The summed E-state index contributed by atoms with van der Waals surface area (Å²) >= 11 is 0. The molecule has 0 aromatic heterocycles. The van der Waals surface area contributed by atoms with Gasteiger partial charge in [0.2, 0.25) is 0 Å². The summed E-state index contributed by atoms with van der Waals surface area (Å²) in [5.41, 5.74) is 4.96. The Labute approximate surface area is 125 Å². The van der Waals surface area contributed by atoms with E-state index in [4.69, 9.17) is 14.7 Å². The highest BCUT2D eigenvalue weighted by Gasteiger charge is 2.08. The first-order valence-electron chi connectivity index (χ1n) is 6.83. The molecule has 21 heavy (non-hydrogen) atoms. The summed E-state index contributed by atoms with van der Waals surface area (Å²) in [6.45, 7) is 6.61. The van der Waals surface area contributed by atoms with Crippen molar-refractivity contribution in [3.63, 3.8) is 0 Å². The highest BCUT2D eigenvalue weighted by Crippen LogP contribution is 2.27. The zero-order valence-electron chi connectivity index (χ0n) is 12.9. The van der Waals surface area contributed by atoms with Crippen LogP contribution in [0.3, 0.4) is 0 Å². The van der Waals surface area contributed by atoms with Crippen LogP contribution >= 0.6 is 0 Å². The van der Waals surface area contributed by atoms with Gasteiger partial charge < -0.3 is 9.47 Å². The summed E-state index contributed by atoms with van der Waals surface area (Å²) in [7, 11) is 1.56. The van der Waals surface area contributed by atoms with Crippen molar-refractivity contribution in [1.29, 1.82) is 5.26 Å². The van der Waals surface area contributed by atoms with Gasteiger partial charge in [0.1, 0.15) is 24.2 Å². The zero-order valence-corrected chi connectivity index (χ0v) is 12.9. The van der Waals surface area contributed by atoms with Crippen LogP contribution in [-0.4, -0.2) is 7.11 Å². The van der Waals surface area contributed by atoms with Gasteiger partial charge in [-0.25, -0.2) is 0 Å². The molecule has 2 aromatic carbocycles. The molecule has 3 nitrogen and oxygen atoms in total. The molecule has 0 amide bonds. The zero-order chi connectivity index (χ0) is 15.4. The van der Waals surface area contributed by atoms with Crippen LogP contribution in [0.2, 0.25) is 0 Å². The summed E-state index contributed by atoms with van der Waals surface area (Å²) in [6, 6.07) is 11.8. The molecule has 3 heteroatoms. The normalized spacial score (nSPS) is 10.0. The molecule has 0 N–H and O–H groups in total. The third kappa shape index (κ3) is 3.17. The van der Waals surface area contributed by atoms with Crippen LogP contribution in [0.4, 0.5) is 0 Å². The number of nitrogens with zero attached hydrogens (tertiary/aromatic N) is 1. The van der Waals surface area contributed by atoms with Crippen molar-refractivity contribution < 1.29 is 9.47 Å². The maximum absolute atomic E-state index is 9.11. The smallest absolute Gasteiger partial charge is 0.136 e. The van der Waals surface area contributed by atoms with Gasteiger partial charge in [0.25, 0.3) is 0 Å². The molecule has 0 aliphatic carbocycles. The lowest BCUT2D eigenvalue weighted by molar-refractivity contribution is 0.301. The molecule has 0 unspecified atom stereocenters. The van der Waals surface area contributed by atoms with Crippen molar-refractivity contribution in [2.24, 2.45) is 0 Å². The summed E-state index contributed by atoms with van der Waals surface area (Å²) in [5.74, 6) is 1.51. The molecular weight excluding hydrogens is 262 g/mol. The average Bonchev–Trinajstić information content (AvgIpc) is 2.50. The molecular formula is C18H19NO2. The lowest BCUT2D eigenvalue weighted by Gasteiger charge is -2.14. The second-order valence-electron chi connectivity index (χ2n) is 5.09. The summed E-state index contributed by atoms with van der Waals surface area (Å²) in [4.78, 5) is 0. The Bertz CT molecular complexity index is 699. The largest absolute Gasteiger partial charge is 0.495 e.